The molecule has 0 saturated heterocycles. The van der Waals surface area contributed by atoms with E-state index in [2.05, 4.69) is 9.97 Å². The third kappa shape index (κ3) is 0.757. The second-order valence-electron chi connectivity index (χ2n) is 2.02. The molecule has 0 radical (unpaired) electrons. The van der Waals surface area contributed by atoms with E-state index >= 15 is 0 Å². The molecule has 0 aromatic carbocycles. The van der Waals surface area contributed by atoms with Gasteiger partial charge in [0.25, 0.3) is 0 Å². The summed E-state index contributed by atoms with van der Waals surface area (Å²) in [6, 6.07) is 0. The van der Waals surface area contributed by atoms with Crippen LogP contribution in [0.3, 0.4) is 0 Å². The lowest BCUT2D eigenvalue weighted by Crippen LogP contribution is -2.31. The minimum Gasteiger partial charge on any atom is -0.495 e. The third-order valence-corrected chi connectivity index (χ3v) is 1.37. The normalized spacial score (nSPS) is 14.0. The second-order valence-corrected chi connectivity index (χ2v) is 2.02. The number of hydrogen-bond donors (Lipinski definition) is 0. The zero-order valence-electron chi connectivity index (χ0n) is 5.32. The summed E-state index contributed by atoms with van der Waals surface area (Å²) in [6.07, 6.45) is 6.89. The van der Waals surface area contributed by atoms with Crippen LogP contribution in [0, 0.1) is 0 Å². The third-order valence-electron chi connectivity index (χ3n) is 1.37. The Morgan fingerprint density at radius 2 is 2.50 bits per heavy atom. The Labute approximate surface area is 57.7 Å². The highest BCUT2D eigenvalue weighted by Gasteiger charge is 1.90. The molecule has 1 aromatic rings. The molecule has 2 rings (SSSR count). The molecule has 0 bridgehead atoms. The van der Waals surface area contributed by atoms with Gasteiger partial charge in [-0.05, 0) is 6.08 Å². The van der Waals surface area contributed by atoms with Crippen molar-refractivity contribution in [2.24, 2.45) is 0 Å². The first kappa shape index (κ1) is 5.41. The molecule has 0 spiro atoms. The molecule has 0 fully saturated rings. The summed E-state index contributed by atoms with van der Waals surface area (Å²) >= 11 is 0. The Hall–Kier alpha value is -1.38. The summed E-state index contributed by atoms with van der Waals surface area (Å²) < 4.78 is 5.03. The molecule has 1 aromatic heterocycles. The van der Waals surface area contributed by atoms with E-state index in [0.717, 1.165) is 10.6 Å². The zero-order chi connectivity index (χ0) is 6.81. The fraction of sp³-hybridized carbons (Fsp3) is 0.143. The average Bonchev–Trinajstić information content (AvgIpc) is 2.05. The summed E-state index contributed by atoms with van der Waals surface area (Å²) in [7, 11) is 0. The quantitative estimate of drug-likeness (QED) is 0.457. The topological polar surface area (TPSA) is 35.0 Å². The van der Waals surface area contributed by atoms with Gasteiger partial charge in [0.1, 0.15) is 24.5 Å². The lowest BCUT2D eigenvalue weighted by atomic mass is 10.4. The van der Waals surface area contributed by atoms with Gasteiger partial charge in [-0.2, -0.15) is 0 Å². The van der Waals surface area contributed by atoms with Crippen molar-refractivity contribution in [3.63, 3.8) is 0 Å². The van der Waals surface area contributed by atoms with Crippen molar-refractivity contribution >= 4 is 12.3 Å². The highest BCUT2D eigenvalue weighted by molar-refractivity contribution is 5.29. The van der Waals surface area contributed by atoms with Crippen LogP contribution < -0.4 is 10.6 Å². The molecular weight excluding hydrogens is 128 g/mol. The Morgan fingerprint density at radius 1 is 1.50 bits per heavy atom. The standard InChI is InChI=1S/C7H6N2O/c1-2-10-4-7-6(1)3-8-5-9-7/h1,3-5H,2H2. The summed E-state index contributed by atoms with van der Waals surface area (Å²) in [5.74, 6) is 0. The fourth-order valence-electron chi connectivity index (χ4n) is 0.871. The van der Waals surface area contributed by atoms with Gasteiger partial charge in [-0.3, -0.25) is 0 Å². The molecule has 2 heterocycles. The van der Waals surface area contributed by atoms with E-state index in [9.17, 15) is 0 Å². The lowest BCUT2D eigenvalue weighted by Gasteiger charge is -1.99. The van der Waals surface area contributed by atoms with Crippen LogP contribution in [0.1, 0.15) is 0 Å². The maximum Gasteiger partial charge on any atom is 0.116 e. The van der Waals surface area contributed by atoms with Crippen LogP contribution in [0.2, 0.25) is 0 Å². The van der Waals surface area contributed by atoms with Crippen LogP contribution in [0.4, 0.5) is 0 Å². The smallest absolute Gasteiger partial charge is 0.116 e. The molecule has 10 heavy (non-hydrogen) atoms. The highest BCUT2D eigenvalue weighted by atomic mass is 16.5. The monoisotopic (exact) mass is 134 g/mol. The number of nitrogens with zero attached hydrogens (tertiary/aromatic N) is 2. The number of ether oxygens (including phenoxy) is 1. The Morgan fingerprint density at radius 3 is 3.40 bits per heavy atom. The van der Waals surface area contributed by atoms with Gasteiger partial charge in [-0.15, -0.1) is 0 Å². The van der Waals surface area contributed by atoms with Gasteiger partial charge in [0.05, 0.1) is 0 Å². The molecule has 0 saturated carbocycles. The molecular formula is C7H6N2O. The molecule has 3 nitrogen and oxygen atoms in total. The van der Waals surface area contributed by atoms with E-state index in [4.69, 9.17) is 4.74 Å². The van der Waals surface area contributed by atoms with Crippen molar-refractivity contribution in [3.05, 3.63) is 23.1 Å². The van der Waals surface area contributed by atoms with Crippen LogP contribution in [-0.2, 0) is 4.74 Å². The van der Waals surface area contributed by atoms with Gasteiger partial charge in [0.15, 0.2) is 0 Å². The molecule has 0 atom stereocenters. The van der Waals surface area contributed by atoms with Crippen LogP contribution in [0.5, 0.6) is 0 Å². The molecule has 3 heteroatoms. The molecule has 0 unspecified atom stereocenters. The molecule has 0 aliphatic carbocycles. The molecule has 1 aliphatic rings. The number of fused-ring (bicyclic) bond motifs is 1. The van der Waals surface area contributed by atoms with E-state index in [0.29, 0.717) is 6.61 Å². The fourth-order valence-corrected chi connectivity index (χ4v) is 0.871. The van der Waals surface area contributed by atoms with Crippen LogP contribution in [0.15, 0.2) is 12.5 Å². The van der Waals surface area contributed by atoms with Crippen LogP contribution in [-0.4, -0.2) is 16.6 Å². The van der Waals surface area contributed by atoms with Crippen molar-refractivity contribution in [1.29, 1.82) is 0 Å². The minimum absolute atomic E-state index is 0.625. The number of aromatic nitrogens is 2. The SMILES string of the molecule is C1=c2cncnc2=COC1. The predicted molar refractivity (Wildman–Crippen MR) is 36.2 cm³/mol. The van der Waals surface area contributed by atoms with Gasteiger partial charge >= 0.3 is 0 Å². The predicted octanol–water partition coefficient (Wildman–Crippen LogP) is -0.975. The van der Waals surface area contributed by atoms with Gasteiger partial charge in [-0.25, -0.2) is 9.97 Å². The zero-order valence-corrected chi connectivity index (χ0v) is 5.32. The van der Waals surface area contributed by atoms with E-state index < -0.39 is 0 Å². The summed E-state index contributed by atoms with van der Waals surface area (Å²) in [5, 5.41) is 1.91. The van der Waals surface area contributed by atoms with E-state index in [-0.39, 0.29) is 0 Å². The van der Waals surface area contributed by atoms with E-state index in [1.165, 1.54) is 6.33 Å². The van der Waals surface area contributed by atoms with Crippen molar-refractivity contribution < 1.29 is 4.74 Å². The number of hydrogen-bond acceptors (Lipinski definition) is 3. The Bertz CT molecular complexity index is 310. The first-order valence-corrected chi connectivity index (χ1v) is 3.05. The summed E-state index contributed by atoms with van der Waals surface area (Å²) in [6.45, 7) is 0.625. The van der Waals surface area contributed by atoms with Gasteiger partial charge < -0.3 is 4.74 Å². The van der Waals surface area contributed by atoms with Gasteiger partial charge in [-0.1, -0.05) is 0 Å². The van der Waals surface area contributed by atoms with Crippen molar-refractivity contribution in [2.45, 2.75) is 0 Å². The Kier molecular flexibility index (Phi) is 1.13. The van der Waals surface area contributed by atoms with Gasteiger partial charge in [0, 0.05) is 11.4 Å². The van der Waals surface area contributed by atoms with Crippen LogP contribution in [0.25, 0.3) is 12.3 Å². The average molecular weight is 134 g/mol. The summed E-state index contributed by atoms with van der Waals surface area (Å²) in [4.78, 5) is 7.88. The van der Waals surface area contributed by atoms with E-state index in [1.54, 1.807) is 12.5 Å². The molecule has 0 N–H and O–H groups in total. The maximum absolute atomic E-state index is 5.03. The highest BCUT2D eigenvalue weighted by Crippen LogP contribution is 1.78. The van der Waals surface area contributed by atoms with Crippen molar-refractivity contribution in [2.75, 3.05) is 6.61 Å². The first-order chi connectivity index (χ1) is 4.97. The van der Waals surface area contributed by atoms with Crippen molar-refractivity contribution in [3.8, 4) is 0 Å². The largest absolute Gasteiger partial charge is 0.495 e. The second kappa shape index (κ2) is 2.10. The van der Waals surface area contributed by atoms with E-state index in [1.807, 2.05) is 6.08 Å². The summed E-state index contributed by atoms with van der Waals surface area (Å²) in [5.41, 5.74) is 0. The molecule has 1 aliphatic heterocycles. The lowest BCUT2D eigenvalue weighted by molar-refractivity contribution is 0.344. The molecule has 0 amide bonds. The Balaban J connectivity index is 2.84. The first-order valence-electron chi connectivity index (χ1n) is 3.05. The number of rotatable bonds is 0. The van der Waals surface area contributed by atoms with Crippen LogP contribution >= 0.6 is 0 Å². The maximum atomic E-state index is 5.03. The van der Waals surface area contributed by atoms with Crippen molar-refractivity contribution in [1.82, 2.24) is 9.97 Å². The minimum atomic E-state index is 0.625. The molecule has 50 valence electrons. The van der Waals surface area contributed by atoms with Gasteiger partial charge in [0.2, 0.25) is 0 Å².